The van der Waals surface area contributed by atoms with E-state index in [1.54, 1.807) is 0 Å². The normalized spacial score (nSPS) is 14.8. The third-order valence-electron chi connectivity index (χ3n) is 3.77. The molecule has 2 atom stereocenters. The first-order valence-corrected chi connectivity index (χ1v) is 8.01. The summed E-state index contributed by atoms with van der Waals surface area (Å²) in [7, 11) is 0. The molecule has 0 saturated carbocycles. The van der Waals surface area contributed by atoms with Gasteiger partial charge in [-0.3, -0.25) is 4.68 Å². The summed E-state index contributed by atoms with van der Waals surface area (Å²) in [5.41, 5.74) is 2.37. The number of aromatic nitrogens is 2. The van der Waals surface area contributed by atoms with Gasteiger partial charge in [0.25, 0.3) is 0 Å². The highest BCUT2D eigenvalue weighted by molar-refractivity contribution is 5.06. The van der Waals surface area contributed by atoms with Gasteiger partial charge in [-0.2, -0.15) is 5.10 Å². The zero-order valence-corrected chi connectivity index (χ0v) is 14.1. The fourth-order valence-electron chi connectivity index (χ4n) is 2.50. The Hall–Kier alpha value is -0.830. The molecule has 0 radical (unpaired) electrons. The van der Waals surface area contributed by atoms with Crippen LogP contribution in [0.3, 0.4) is 0 Å². The van der Waals surface area contributed by atoms with E-state index in [-0.39, 0.29) is 0 Å². The Labute approximate surface area is 124 Å². The molecule has 3 nitrogen and oxygen atoms in total. The average molecular weight is 280 g/mol. The van der Waals surface area contributed by atoms with Crippen molar-refractivity contribution in [2.75, 3.05) is 6.61 Å². The summed E-state index contributed by atoms with van der Waals surface area (Å²) < 4.78 is 8.00. The van der Waals surface area contributed by atoms with Crippen LogP contribution in [0.2, 0.25) is 0 Å². The van der Waals surface area contributed by atoms with Crippen molar-refractivity contribution in [2.45, 2.75) is 73.5 Å². The van der Waals surface area contributed by atoms with E-state index in [1.807, 2.05) is 0 Å². The Morgan fingerprint density at radius 1 is 1.15 bits per heavy atom. The molecular weight excluding hydrogens is 248 g/mol. The lowest BCUT2D eigenvalue weighted by molar-refractivity contribution is 0.0427. The Bertz CT molecular complexity index is 384. The number of nitrogens with zero attached hydrogens (tertiary/aromatic N) is 2. The predicted octanol–water partition coefficient (Wildman–Crippen LogP) is 4.37. The second kappa shape index (κ2) is 8.46. The molecule has 20 heavy (non-hydrogen) atoms. The van der Waals surface area contributed by atoms with Gasteiger partial charge in [-0.05, 0) is 57.9 Å². The number of rotatable bonds is 9. The second-order valence-corrected chi connectivity index (χ2v) is 6.64. The molecule has 0 fully saturated rings. The Kier molecular flexibility index (Phi) is 7.28. The van der Waals surface area contributed by atoms with E-state index in [9.17, 15) is 0 Å². The molecule has 2 unspecified atom stereocenters. The van der Waals surface area contributed by atoms with E-state index in [0.717, 1.165) is 37.6 Å². The fourth-order valence-corrected chi connectivity index (χ4v) is 2.50. The average Bonchev–Trinajstić information content (AvgIpc) is 2.64. The van der Waals surface area contributed by atoms with E-state index >= 15 is 0 Å². The maximum absolute atomic E-state index is 5.88. The van der Waals surface area contributed by atoms with Gasteiger partial charge in [-0.15, -0.1) is 0 Å². The van der Waals surface area contributed by atoms with Crippen LogP contribution in [0.1, 0.15) is 58.3 Å². The van der Waals surface area contributed by atoms with Crippen LogP contribution in [0.4, 0.5) is 0 Å². The van der Waals surface area contributed by atoms with Gasteiger partial charge in [0.05, 0.1) is 11.8 Å². The lowest BCUT2D eigenvalue weighted by atomic mass is 10.0. The largest absolute Gasteiger partial charge is 0.378 e. The summed E-state index contributed by atoms with van der Waals surface area (Å²) in [5.74, 6) is 1.40. The van der Waals surface area contributed by atoms with Gasteiger partial charge in [0.1, 0.15) is 0 Å². The van der Waals surface area contributed by atoms with Crippen molar-refractivity contribution in [3.8, 4) is 0 Å². The highest BCUT2D eigenvalue weighted by Crippen LogP contribution is 2.15. The number of hydrogen-bond donors (Lipinski definition) is 0. The third kappa shape index (κ3) is 6.56. The molecule has 3 heteroatoms. The lowest BCUT2D eigenvalue weighted by Crippen LogP contribution is -2.16. The highest BCUT2D eigenvalue weighted by atomic mass is 16.5. The molecule has 0 saturated heterocycles. The Balaban J connectivity index is 2.22. The van der Waals surface area contributed by atoms with Crippen LogP contribution in [0, 0.1) is 25.7 Å². The van der Waals surface area contributed by atoms with Crippen LogP contribution >= 0.6 is 0 Å². The van der Waals surface area contributed by atoms with Crippen LogP contribution in [0.25, 0.3) is 0 Å². The van der Waals surface area contributed by atoms with Crippen molar-refractivity contribution in [1.82, 2.24) is 9.78 Å². The highest BCUT2D eigenvalue weighted by Gasteiger charge is 2.10. The number of hydrogen-bond acceptors (Lipinski definition) is 2. The standard InChI is InChI=1S/C17H32N2O/c1-13(2)8-10-20-17(6)11-14(3)7-9-19-16(5)12-15(4)18-19/h12-14,17H,7-11H2,1-6H3. The molecule has 116 valence electrons. The van der Waals surface area contributed by atoms with Gasteiger partial charge in [0, 0.05) is 18.8 Å². The topological polar surface area (TPSA) is 27.1 Å². The lowest BCUT2D eigenvalue weighted by Gasteiger charge is -2.19. The molecular formula is C17H32N2O. The third-order valence-corrected chi connectivity index (χ3v) is 3.77. The first-order chi connectivity index (χ1) is 9.38. The maximum Gasteiger partial charge on any atom is 0.0596 e. The van der Waals surface area contributed by atoms with Crippen molar-refractivity contribution in [3.05, 3.63) is 17.5 Å². The Morgan fingerprint density at radius 2 is 1.85 bits per heavy atom. The quantitative estimate of drug-likeness (QED) is 0.671. The SMILES string of the molecule is Cc1cc(C)n(CCC(C)CC(C)OCCC(C)C)n1. The van der Waals surface area contributed by atoms with Gasteiger partial charge < -0.3 is 4.74 Å². The molecule has 0 N–H and O–H groups in total. The maximum atomic E-state index is 5.88. The molecule has 0 aromatic carbocycles. The van der Waals surface area contributed by atoms with Crippen LogP contribution in [0.15, 0.2) is 6.07 Å². The molecule has 0 bridgehead atoms. The van der Waals surface area contributed by atoms with Crippen molar-refractivity contribution < 1.29 is 4.74 Å². The molecule has 0 aliphatic rings. The molecule has 1 aromatic rings. The first kappa shape index (κ1) is 17.2. The van der Waals surface area contributed by atoms with Crippen molar-refractivity contribution in [3.63, 3.8) is 0 Å². The first-order valence-electron chi connectivity index (χ1n) is 8.01. The van der Waals surface area contributed by atoms with E-state index in [1.165, 1.54) is 12.1 Å². The van der Waals surface area contributed by atoms with Gasteiger partial charge in [-0.25, -0.2) is 0 Å². The summed E-state index contributed by atoms with van der Waals surface area (Å²) in [4.78, 5) is 0. The number of ether oxygens (including phenoxy) is 1. The van der Waals surface area contributed by atoms with Crippen LogP contribution in [-0.4, -0.2) is 22.5 Å². The van der Waals surface area contributed by atoms with Crippen molar-refractivity contribution in [2.24, 2.45) is 11.8 Å². The predicted molar refractivity (Wildman–Crippen MR) is 85.0 cm³/mol. The van der Waals surface area contributed by atoms with Crippen LogP contribution in [0.5, 0.6) is 0 Å². The van der Waals surface area contributed by atoms with Gasteiger partial charge in [0.2, 0.25) is 0 Å². The van der Waals surface area contributed by atoms with E-state index < -0.39 is 0 Å². The monoisotopic (exact) mass is 280 g/mol. The Morgan fingerprint density at radius 3 is 2.40 bits per heavy atom. The molecule has 0 spiro atoms. The van der Waals surface area contributed by atoms with Crippen LogP contribution < -0.4 is 0 Å². The molecule has 0 aliphatic carbocycles. The number of aryl methyl sites for hydroxylation is 3. The summed E-state index contributed by atoms with van der Waals surface area (Å²) in [6.07, 6.45) is 3.83. The fraction of sp³-hybridized carbons (Fsp3) is 0.824. The van der Waals surface area contributed by atoms with Gasteiger partial charge in [-0.1, -0.05) is 20.8 Å². The molecule has 1 rings (SSSR count). The molecule has 0 aliphatic heterocycles. The minimum atomic E-state index is 0.365. The van der Waals surface area contributed by atoms with E-state index in [0.29, 0.717) is 12.0 Å². The molecule has 1 heterocycles. The summed E-state index contributed by atoms with van der Waals surface area (Å²) in [6, 6.07) is 2.14. The van der Waals surface area contributed by atoms with Crippen LogP contribution in [-0.2, 0) is 11.3 Å². The minimum Gasteiger partial charge on any atom is -0.378 e. The zero-order chi connectivity index (χ0) is 15.1. The second-order valence-electron chi connectivity index (χ2n) is 6.64. The van der Waals surface area contributed by atoms with Gasteiger partial charge >= 0.3 is 0 Å². The van der Waals surface area contributed by atoms with E-state index in [2.05, 4.69) is 57.4 Å². The minimum absolute atomic E-state index is 0.365. The molecule has 0 amide bonds. The van der Waals surface area contributed by atoms with Crippen molar-refractivity contribution in [1.29, 1.82) is 0 Å². The summed E-state index contributed by atoms with van der Waals surface area (Å²) in [6.45, 7) is 15.1. The van der Waals surface area contributed by atoms with Crippen molar-refractivity contribution >= 4 is 0 Å². The summed E-state index contributed by atoms with van der Waals surface area (Å²) >= 11 is 0. The van der Waals surface area contributed by atoms with Gasteiger partial charge in [0.15, 0.2) is 0 Å². The van der Waals surface area contributed by atoms with E-state index in [4.69, 9.17) is 4.74 Å². The zero-order valence-electron chi connectivity index (χ0n) is 14.1. The summed E-state index contributed by atoms with van der Waals surface area (Å²) in [5, 5.41) is 4.52. The molecule has 1 aromatic heterocycles. The smallest absolute Gasteiger partial charge is 0.0596 e.